The van der Waals surface area contributed by atoms with Crippen molar-refractivity contribution < 1.29 is 14.3 Å². The molecule has 0 saturated heterocycles. The molecule has 25 heavy (non-hydrogen) atoms. The summed E-state index contributed by atoms with van der Waals surface area (Å²) in [5, 5.41) is 2.66. The molecule has 0 aliphatic carbocycles. The predicted octanol–water partition coefficient (Wildman–Crippen LogP) is 2.84. The van der Waals surface area contributed by atoms with Gasteiger partial charge < -0.3 is 15.0 Å². The number of ether oxygens (including phenoxy) is 1. The maximum absolute atomic E-state index is 12.3. The lowest BCUT2D eigenvalue weighted by Gasteiger charge is -2.15. The van der Waals surface area contributed by atoms with E-state index >= 15 is 0 Å². The second-order valence-corrected chi connectivity index (χ2v) is 5.65. The topological polar surface area (TPSA) is 97.0 Å². The van der Waals surface area contributed by atoms with Crippen molar-refractivity contribution in [1.29, 1.82) is 0 Å². The molecule has 0 aliphatic rings. The predicted molar refractivity (Wildman–Crippen MR) is 93.2 cm³/mol. The van der Waals surface area contributed by atoms with Crippen LogP contribution in [0.25, 0.3) is 11.0 Å². The first-order valence-electron chi connectivity index (χ1n) is 7.94. The molecule has 1 unspecified atom stereocenters. The van der Waals surface area contributed by atoms with Crippen LogP contribution in [0.1, 0.15) is 29.3 Å². The smallest absolute Gasteiger partial charge is 0.338 e. The Hall–Kier alpha value is -3.22. The molecule has 0 saturated carbocycles. The summed E-state index contributed by atoms with van der Waals surface area (Å²) in [5.74, 6) is -0.547. The van der Waals surface area contributed by atoms with E-state index in [0.29, 0.717) is 17.8 Å². The number of pyridine rings is 1. The number of carbonyl (C=O) groups is 2. The van der Waals surface area contributed by atoms with Crippen LogP contribution in [0.15, 0.2) is 42.9 Å². The summed E-state index contributed by atoms with van der Waals surface area (Å²) in [5.41, 5.74) is 2.84. The standard InChI is InChI=1S/C18H18N4O3/c1-3-15(17(23)22-16-7-4-11(2)9-19-16)25-18(24)12-5-6-13-14(8-12)21-10-20-13/h4-10,15H,3H2,1-2H3,(H,20,21)(H,19,22,23). The van der Waals surface area contributed by atoms with Gasteiger partial charge in [0.2, 0.25) is 0 Å². The minimum Gasteiger partial charge on any atom is -0.449 e. The third kappa shape index (κ3) is 3.82. The van der Waals surface area contributed by atoms with Crippen molar-refractivity contribution in [3.05, 3.63) is 54.0 Å². The minimum atomic E-state index is -0.895. The van der Waals surface area contributed by atoms with Crippen LogP contribution in [-0.4, -0.2) is 32.9 Å². The fraction of sp³-hybridized carbons (Fsp3) is 0.222. The number of anilines is 1. The van der Waals surface area contributed by atoms with Gasteiger partial charge >= 0.3 is 5.97 Å². The van der Waals surface area contributed by atoms with Gasteiger partial charge in [0, 0.05) is 6.20 Å². The summed E-state index contributed by atoms with van der Waals surface area (Å²) in [7, 11) is 0. The molecular formula is C18H18N4O3. The van der Waals surface area contributed by atoms with Gasteiger partial charge in [-0.1, -0.05) is 13.0 Å². The zero-order valence-corrected chi connectivity index (χ0v) is 13.9. The SMILES string of the molecule is CCC(OC(=O)c1ccc2nc[nH]c2c1)C(=O)Nc1ccc(C)cn1. The van der Waals surface area contributed by atoms with Crippen LogP contribution in [0.5, 0.6) is 0 Å². The zero-order chi connectivity index (χ0) is 17.8. The van der Waals surface area contributed by atoms with Crippen molar-refractivity contribution >= 4 is 28.7 Å². The van der Waals surface area contributed by atoms with Crippen LogP contribution in [0.4, 0.5) is 5.82 Å². The average molecular weight is 338 g/mol. The van der Waals surface area contributed by atoms with Crippen LogP contribution < -0.4 is 5.32 Å². The van der Waals surface area contributed by atoms with E-state index in [4.69, 9.17) is 4.74 Å². The van der Waals surface area contributed by atoms with E-state index in [9.17, 15) is 9.59 Å². The molecule has 3 aromatic rings. The molecule has 1 amide bonds. The van der Waals surface area contributed by atoms with E-state index in [1.165, 1.54) is 0 Å². The molecule has 7 heteroatoms. The Balaban J connectivity index is 1.68. The highest BCUT2D eigenvalue weighted by Gasteiger charge is 2.22. The molecule has 1 aromatic carbocycles. The molecule has 2 heterocycles. The average Bonchev–Trinajstić information content (AvgIpc) is 3.09. The fourth-order valence-corrected chi connectivity index (χ4v) is 2.33. The molecule has 2 aromatic heterocycles. The number of fused-ring (bicyclic) bond motifs is 1. The van der Waals surface area contributed by atoms with Crippen LogP contribution in [0.2, 0.25) is 0 Å². The summed E-state index contributed by atoms with van der Waals surface area (Å²) in [4.78, 5) is 35.8. The number of aromatic nitrogens is 3. The Morgan fingerprint density at radius 1 is 1.24 bits per heavy atom. The van der Waals surface area contributed by atoms with Gasteiger partial charge in [-0.2, -0.15) is 0 Å². The van der Waals surface area contributed by atoms with Gasteiger partial charge in [-0.15, -0.1) is 0 Å². The van der Waals surface area contributed by atoms with Crippen LogP contribution in [-0.2, 0) is 9.53 Å². The largest absolute Gasteiger partial charge is 0.449 e. The lowest BCUT2D eigenvalue weighted by Crippen LogP contribution is -2.32. The third-order valence-electron chi connectivity index (χ3n) is 3.73. The Labute approximate surface area is 144 Å². The Morgan fingerprint density at radius 3 is 2.80 bits per heavy atom. The number of hydrogen-bond donors (Lipinski definition) is 2. The number of rotatable bonds is 5. The van der Waals surface area contributed by atoms with Crippen molar-refractivity contribution in [3.63, 3.8) is 0 Å². The van der Waals surface area contributed by atoms with Gasteiger partial charge in [-0.25, -0.2) is 14.8 Å². The normalized spacial score (nSPS) is 11.9. The first kappa shape index (κ1) is 16.6. The summed E-state index contributed by atoms with van der Waals surface area (Å²) in [6.07, 6.45) is 2.67. The Morgan fingerprint density at radius 2 is 2.08 bits per heavy atom. The molecule has 1 atom stereocenters. The highest BCUT2D eigenvalue weighted by atomic mass is 16.5. The lowest BCUT2D eigenvalue weighted by atomic mass is 10.2. The van der Waals surface area contributed by atoms with E-state index in [2.05, 4.69) is 20.3 Å². The molecule has 7 nitrogen and oxygen atoms in total. The number of aryl methyl sites for hydroxylation is 1. The molecule has 0 radical (unpaired) electrons. The second-order valence-electron chi connectivity index (χ2n) is 5.65. The van der Waals surface area contributed by atoms with Gasteiger partial charge in [0.05, 0.1) is 22.9 Å². The number of esters is 1. The monoisotopic (exact) mass is 338 g/mol. The minimum absolute atomic E-state index is 0.357. The summed E-state index contributed by atoms with van der Waals surface area (Å²) in [6, 6.07) is 8.54. The van der Waals surface area contributed by atoms with Gasteiger partial charge in [-0.3, -0.25) is 4.79 Å². The molecule has 0 bridgehead atoms. The highest BCUT2D eigenvalue weighted by molar-refractivity contribution is 5.98. The zero-order valence-electron chi connectivity index (χ0n) is 13.9. The van der Waals surface area contributed by atoms with Crippen LogP contribution in [0, 0.1) is 6.92 Å². The van der Waals surface area contributed by atoms with E-state index < -0.39 is 18.0 Å². The van der Waals surface area contributed by atoms with Crippen LogP contribution >= 0.6 is 0 Å². The number of aromatic amines is 1. The lowest BCUT2D eigenvalue weighted by molar-refractivity contribution is -0.124. The van der Waals surface area contributed by atoms with Crippen molar-refractivity contribution in [2.24, 2.45) is 0 Å². The van der Waals surface area contributed by atoms with E-state index in [1.807, 2.05) is 13.0 Å². The van der Waals surface area contributed by atoms with E-state index in [1.54, 1.807) is 43.7 Å². The van der Waals surface area contributed by atoms with Crippen molar-refractivity contribution in [2.45, 2.75) is 26.4 Å². The maximum atomic E-state index is 12.3. The van der Waals surface area contributed by atoms with Gasteiger partial charge in [0.25, 0.3) is 5.91 Å². The van der Waals surface area contributed by atoms with E-state index in [0.717, 1.165) is 16.6 Å². The summed E-state index contributed by atoms with van der Waals surface area (Å²) < 4.78 is 5.36. The molecule has 0 aliphatic heterocycles. The maximum Gasteiger partial charge on any atom is 0.338 e. The first-order valence-corrected chi connectivity index (χ1v) is 7.94. The third-order valence-corrected chi connectivity index (χ3v) is 3.73. The van der Waals surface area contributed by atoms with Crippen molar-refractivity contribution in [1.82, 2.24) is 15.0 Å². The van der Waals surface area contributed by atoms with Gasteiger partial charge in [0.1, 0.15) is 5.82 Å². The van der Waals surface area contributed by atoms with Gasteiger partial charge in [0.15, 0.2) is 6.10 Å². The van der Waals surface area contributed by atoms with Crippen molar-refractivity contribution in [2.75, 3.05) is 5.32 Å². The first-order chi connectivity index (χ1) is 12.1. The number of nitrogens with one attached hydrogen (secondary N) is 2. The number of hydrogen-bond acceptors (Lipinski definition) is 5. The number of nitrogens with zero attached hydrogens (tertiary/aromatic N) is 2. The number of carbonyl (C=O) groups excluding carboxylic acids is 2. The number of benzene rings is 1. The molecule has 128 valence electrons. The molecule has 2 N–H and O–H groups in total. The molecular weight excluding hydrogens is 320 g/mol. The summed E-state index contributed by atoms with van der Waals surface area (Å²) >= 11 is 0. The number of amides is 1. The Bertz CT molecular complexity index is 902. The quantitative estimate of drug-likeness (QED) is 0.697. The Kier molecular flexibility index (Phi) is 4.74. The molecule has 3 rings (SSSR count). The second kappa shape index (κ2) is 7.12. The van der Waals surface area contributed by atoms with E-state index in [-0.39, 0.29) is 0 Å². The molecule has 0 spiro atoms. The summed E-state index contributed by atoms with van der Waals surface area (Å²) in [6.45, 7) is 3.68. The fourth-order valence-electron chi connectivity index (χ4n) is 2.33. The van der Waals surface area contributed by atoms with Crippen molar-refractivity contribution in [3.8, 4) is 0 Å². The molecule has 0 fully saturated rings. The highest BCUT2D eigenvalue weighted by Crippen LogP contribution is 2.14. The number of H-pyrrole nitrogens is 1. The van der Waals surface area contributed by atoms with Gasteiger partial charge in [-0.05, 0) is 43.2 Å². The van der Waals surface area contributed by atoms with Crippen LogP contribution in [0.3, 0.4) is 0 Å². The number of imidazole rings is 1.